The summed E-state index contributed by atoms with van der Waals surface area (Å²) in [7, 11) is 1.30. The Hall–Kier alpha value is -4.64. The van der Waals surface area contributed by atoms with Gasteiger partial charge in [-0.3, -0.25) is 5.32 Å². The summed E-state index contributed by atoms with van der Waals surface area (Å²) in [6.45, 7) is 2.50. The normalized spacial score (nSPS) is 12.2. The van der Waals surface area contributed by atoms with Crippen molar-refractivity contribution in [1.82, 2.24) is 13.3 Å². The molecule has 0 fully saturated rings. The zero-order chi connectivity index (χ0) is 26.2. The van der Waals surface area contributed by atoms with Crippen molar-refractivity contribution < 1.29 is 28.5 Å². The predicted octanol–water partition coefficient (Wildman–Crippen LogP) is 5.45. The van der Waals surface area contributed by atoms with E-state index in [9.17, 15) is 9.59 Å². The van der Waals surface area contributed by atoms with Crippen molar-refractivity contribution in [2.45, 2.75) is 13.5 Å². The highest BCUT2D eigenvalue weighted by Gasteiger charge is 2.27. The monoisotopic (exact) mass is 530 g/mol. The van der Waals surface area contributed by atoms with Crippen molar-refractivity contribution in [2.24, 2.45) is 0 Å². The molecule has 3 heterocycles. The highest BCUT2D eigenvalue weighted by Crippen LogP contribution is 2.42. The fourth-order valence-electron chi connectivity index (χ4n) is 4.63. The number of hydrogen-bond donors (Lipinski definition) is 1. The van der Waals surface area contributed by atoms with Gasteiger partial charge in [-0.1, -0.05) is 12.1 Å². The molecule has 1 N–H and O–H groups in total. The molecule has 0 aliphatic carbocycles. The van der Waals surface area contributed by atoms with Gasteiger partial charge in [-0.15, -0.1) is 0 Å². The number of benzene rings is 3. The summed E-state index contributed by atoms with van der Waals surface area (Å²) < 4.78 is 32.0. The molecule has 0 spiro atoms. The largest absolute Gasteiger partial charge is 0.461 e. The molecule has 38 heavy (non-hydrogen) atoms. The molecule has 3 aromatic carbocycles. The van der Waals surface area contributed by atoms with Gasteiger partial charge in [-0.05, 0) is 60.5 Å². The number of methoxy groups -OCH3 is 1. The summed E-state index contributed by atoms with van der Waals surface area (Å²) in [4.78, 5) is 25.5. The number of fused-ring (bicyclic) bond motifs is 3. The molecule has 2 aromatic heterocycles. The van der Waals surface area contributed by atoms with E-state index >= 15 is 0 Å². The molecule has 0 radical (unpaired) electrons. The number of rotatable bonds is 6. The van der Waals surface area contributed by atoms with E-state index < -0.39 is 12.1 Å². The Morgan fingerprint density at radius 3 is 2.71 bits per heavy atom. The number of esters is 1. The lowest BCUT2D eigenvalue weighted by atomic mass is 10.0. The van der Waals surface area contributed by atoms with Gasteiger partial charge >= 0.3 is 12.1 Å². The standard InChI is InChI=1S/C27H22N4O6S/c1-3-35-26(32)25-24(16-5-9-22-23(11-16)37-14-36-22)18-12-17(28-27(33)34-2)6-8-21(18)31(25)13-15-4-7-19-20(10-15)30-38-29-19/h4-12H,3,13-14H2,1-2H3,(H,28,33). The zero-order valence-electron chi connectivity index (χ0n) is 20.5. The first-order chi connectivity index (χ1) is 18.6. The molecule has 1 aliphatic heterocycles. The molecule has 192 valence electrons. The molecule has 1 amide bonds. The predicted molar refractivity (Wildman–Crippen MR) is 142 cm³/mol. The molecule has 0 bridgehead atoms. The molecule has 10 nitrogen and oxygen atoms in total. The molecule has 0 atom stereocenters. The minimum Gasteiger partial charge on any atom is -0.461 e. The number of hydrogen-bond acceptors (Lipinski definition) is 9. The Bertz CT molecular complexity index is 1710. The summed E-state index contributed by atoms with van der Waals surface area (Å²) in [5, 5.41) is 3.46. The van der Waals surface area contributed by atoms with E-state index in [4.69, 9.17) is 18.9 Å². The van der Waals surface area contributed by atoms with Crippen LogP contribution in [0.4, 0.5) is 10.5 Å². The Balaban J connectivity index is 1.59. The zero-order valence-corrected chi connectivity index (χ0v) is 21.3. The van der Waals surface area contributed by atoms with Gasteiger partial charge in [0.1, 0.15) is 16.7 Å². The molecular weight excluding hydrogens is 508 g/mol. The third-order valence-corrected chi connectivity index (χ3v) is 6.84. The van der Waals surface area contributed by atoms with Crippen molar-refractivity contribution in [3.8, 4) is 22.6 Å². The Morgan fingerprint density at radius 2 is 1.87 bits per heavy atom. The van der Waals surface area contributed by atoms with Gasteiger partial charge in [0.05, 0.1) is 25.4 Å². The Kier molecular flexibility index (Phi) is 6.04. The maximum atomic E-state index is 13.5. The Labute approximate surface area is 221 Å². The number of nitrogens with zero attached hydrogens (tertiary/aromatic N) is 3. The van der Waals surface area contributed by atoms with Crippen LogP contribution < -0.4 is 14.8 Å². The number of nitrogens with one attached hydrogen (secondary N) is 1. The number of ether oxygens (including phenoxy) is 4. The van der Waals surface area contributed by atoms with Gasteiger partial charge in [0, 0.05) is 28.7 Å². The van der Waals surface area contributed by atoms with Crippen LogP contribution in [-0.2, 0) is 16.0 Å². The van der Waals surface area contributed by atoms with Crippen molar-refractivity contribution in [3.05, 3.63) is 65.9 Å². The quantitative estimate of drug-likeness (QED) is 0.289. The van der Waals surface area contributed by atoms with E-state index in [-0.39, 0.29) is 13.4 Å². The number of amides is 1. The van der Waals surface area contributed by atoms with Crippen LogP contribution in [0.3, 0.4) is 0 Å². The lowest BCUT2D eigenvalue weighted by Gasteiger charge is -2.12. The molecular formula is C27H22N4O6S. The van der Waals surface area contributed by atoms with Crippen LogP contribution in [0.15, 0.2) is 54.6 Å². The maximum absolute atomic E-state index is 13.5. The number of carbonyl (C=O) groups excluding carboxylic acids is 2. The summed E-state index contributed by atoms with van der Waals surface area (Å²) >= 11 is 1.16. The SMILES string of the molecule is CCOC(=O)c1c(-c2ccc3c(c2)OCO3)c2cc(NC(=O)OC)ccc2n1Cc1ccc2nsnc2c1. The Morgan fingerprint density at radius 1 is 1.03 bits per heavy atom. The summed E-state index contributed by atoms with van der Waals surface area (Å²) in [5.74, 6) is 0.757. The number of aromatic nitrogens is 3. The first-order valence-electron chi connectivity index (χ1n) is 11.8. The van der Waals surface area contributed by atoms with Gasteiger partial charge in [0.2, 0.25) is 6.79 Å². The van der Waals surface area contributed by atoms with Gasteiger partial charge in [0.15, 0.2) is 11.5 Å². The first kappa shape index (κ1) is 23.7. The molecule has 0 saturated carbocycles. The minimum atomic E-state index is -0.593. The average molecular weight is 531 g/mol. The fraction of sp³-hybridized carbons (Fsp3) is 0.185. The second kappa shape index (κ2) is 9.67. The number of carbonyl (C=O) groups is 2. The molecule has 6 rings (SSSR count). The third kappa shape index (κ3) is 4.16. The van der Waals surface area contributed by atoms with Crippen molar-refractivity contribution >= 4 is 51.4 Å². The van der Waals surface area contributed by atoms with E-state index in [1.807, 2.05) is 53.1 Å². The molecule has 0 saturated heterocycles. The average Bonchev–Trinajstić information content (AvgIpc) is 3.65. The molecule has 5 aromatic rings. The van der Waals surface area contributed by atoms with Gasteiger partial charge in [-0.2, -0.15) is 8.75 Å². The van der Waals surface area contributed by atoms with E-state index in [0.29, 0.717) is 35.0 Å². The maximum Gasteiger partial charge on any atom is 0.411 e. The van der Waals surface area contributed by atoms with E-state index in [0.717, 1.165) is 44.8 Å². The van der Waals surface area contributed by atoms with Crippen LogP contribution in [0.1, 0.15) is 23.0 Å². The molecule has 1 aliphatic rings. The lowest BCUT2D eigenvalue weighted by Crippen LogP contribution is -2.14. The van der Waals surface area contributed by atoms with Crippen LogP contribution in [0.2, 0.25) is 0 Å². The topological polar surface area (TPSA) is 114 Å². The molecule has 0 unspecified atom stereocenters. The van der Waals surface area contributed by atoms with Crippen LogP contribution in [0.25, 0.3) is 33.1 Å². The number of anilines is 1. The van der Waals surface area contributed by atoms with Gasteiger partial charge in [-0.25, -0.2) is 9.59 Å². The highest BCUT2D eigenvalue weighted by atomic mass is 32.1. The summed E-state index contributed by atoms with van der Waals surface area (Å²) in [5.41, 5.74) is 5.65. The van der Waals surface area contributed by atoms with Crippen molar-refractivity contribution in [1.29, 1.82) is 0 Å². The van der Waals surface area contributed by atoms with Crippen molar-refractivity contribution in [2.75, 3.05) is 25.8 Å². The van der Waals surface area contributed by atoms with Gasteiger partial charge < -0.3 is 23.5 Å². The lowest BCUT2D eigenvalue weighted by molar-refractivity contribution is 0.0516. The second-order valence-corrected chi connectivity index (χ2v) is 9.06. The first-order valence-corrected chi connectivity index (χ1v) is 12.6. The second-order valence-electron chi connectivity index (χ2n) is 8.53. The van der Waals surface area contributed by atoms with E-state index in [1.165, 1.54) is 7.11 Å². The van der Waals surface area contributed by atoms with E-state index in [1.54, 1.807) is 13.0 Å². The van der Waals surface area contributed by atoms with Crippen molar-refractivity contribution in [3.63, 3.8) is 0 Å². The van der Waals surface area contributed by atoms with E-state index in [2.05, 4.69) is 14.1 Å². The van der Waals surface area contributed by atoms with Gasteiger partial charge in [0.25, 0.3) is 0 Å². The van der Waals surface area contributed by atoms with Crippen LogP contribution >= 0.6 is 11.7 Å². The summed E-state index contributed by atoms with van der Waals surface area (Å²) in [6, 6.07) is 16.8. The summed E-state index contributed by atoms with van der Waals surface area (Å²) in [6.07, 6.45) is -0.593. The highest BCUT2D eigenvalue weighted by molar-refractivity contribution is 7.00. The molecule has 11 heteroatoms. The van der Waals surface area contributed by atoms with Crippen LogP contribution in [-0.4, -0.2) is 45.9 Å². The van der Waals surface area contributed by atoms with Crippen LogP contribution in [0, 0.1) is 0 Å². The smallest absolute Gasteiger partial charge is 0.411 e. The van der Waals surface area contributed by atoms with Crippen LogP contribution in [0.5, 0.6) is 11.5 Å². The fourth-order valence-corrected chi connectivity index (χ4v) is 5.15. The third-order valence-electron chi connectivity index (χ3n) is 6.28. The minimum absolute atomic E-state index is 0.131.